The van der Waals surface area contributed by atoms with E-state index in [1.807, 2.05) is 6.07 Å². The van der Waals surface area contributed by atoms with Crippen molar-refractivity contribution in [2.45, 2.75) is 35.9 Å². The van der Waals surface area contributed by atoms with Gasteiger partial charge in [0.2, 0.25) is 0 Å². The van der Waals surface area contributed by atoms with Gasteiger partial charge in [0.1, 0.15) is 5.75 Å². The van der Waals surface area contributed by atoms with Gasteiger partial charge in [0.15, 0.2) is 0 Å². The Balaban J connectivity index is 1.32. The molecular weight excluding hydrogens is 553 g/mol. The maximum Gasteiger partial charge on any atom is 0.430 e. The van der Waals surface area contributed by atoms with Crippen molar-refractivity contribution in [2.75, 3.05) is 40.0 Å². The summed E-state index contributed by atoms with van der Waals surface area (Å²) in [5.74, 6) is 0.759. The van der Waals surface area contributed by atoms with E-state index in [0.717, 1.165) is 34.1 Å². The summed E-state index contributed by atoms with van der Waals surface area (Å²) in [6.07, 6.45) is -2.96. The van der Waals surface area contributed by atoms with Crippen molar-refractivity contribution >= 4 is 35.2 Å². The number of hydrogen-bond donors (Lipinski definition) is 1. The molecule has 1 saturated carbocycles. The Kier molecular flexibility index (Phi) is 8.78. The minimum atomic E-state index is -5.19. The molecule has 0 bridgehead atoms. The summed E-state index contributed by atoms with van der Waals surface area (Å²) in [5, 5.41) is 11.2. The highest BCUT2D eigenvalue weighted by atomic mass is 35.5. The zero-order valence-electron chi connectivity index (χ0n) is 22.0. The summed E-state index contributed by atoms with van der Waals surface area (Å²) >= 11 is 7.99. The van der Waals surface area contributed by atoms with Gasteiger partial charge in [-0.1, -0.05) is 23.7 Å². The third kappa shape index (κ3) is 6.18. The van der Waals surface area contributed by atoms with E-state index in [9.17, 15) is 27.9 Å². The van der Waals surface area contributed by atoms with Gasteiger partial charge in [-0.25, -0.2) is 0 Å². The van der Waals surface area contributed by atoms with Gasteiger partial charge in [-0.2, -0.15) is 13.2 Å². The molecule has 1 N–H and O–H groups in total. The molecule has 1 aliphatic heterocycles. The van der Waals surface area contributed by atoms with Crippen LogP contribution in [-0.4, -0.2) is 72.9 Å². The average Bonchev–Trinajstić information content (AvgIpc) is 3.70. The van der Waals surface area contributed by atoms with E-state index in [1.165, 1.54) is 24.1 Å². The molecule has 2 amide bonds. The van der Waals surface area contributed by atoms with Crippen LogP contribution in [0.3, 0.4) is 0 Å². The van der Waals surface area contributed by atoms with E-state index in [0.29, 0.717) is 41.2 Å². The van der Waals surface area contributed by atoms with Gasteiger partial charge < -0.3 is 19.6 Å². The van der Waals surface area contributed by atoms with Crippen LogP contribution in [0, 0.1) is 17.8 Å². The summed E-state index contributed by atoms with van der Waals surface area (Å²) in [4.78, 5) is 28.9. The van der Waals surface area contributed by atoms with Crippen LogP contribution in [0.2, 0.25) is 5.02 Å². The van der Waals surface area contributed by atoms with Gasteiger partial charge in [-0.05, 0) is 67.3 Å². The molecule has 39 heavy (non-hydrogen) atoms. The monoisotopic (exact) mass is 584 g/mol. The smallest absolute Gasteiger partial charge is 0.430 e. The number of aliphatic hydroxyl groups is 1. The first-order chi connectivity index (χ1) is 18.4. The van der Waals surface area contributed by atoms with Gasteiger partial charge in [-0.15, -0.1) is 11.8 Å². The molecule has 1 saturated heterocycles. The summed E-state index contributed by atoms with van der Waals surface area (Å²) in [5.41, 5.74) is -3.73. The lowest BCUT2D eigenvalue weighted by atomic mass is 9.87. The third-order valence-electron chi connectivity index (χ3n) is 7.66. The molecule has 1 unspecified atom stereocenters. The fraction of sp³-hybridized carbons (Fsp3) is 0.500. The van der Waals surface area contributed by atoms with E-state index in [1.54, 1.807) is 38.0 Å². The molecule has 11 heteroatoms. The van der Waals surface area contributed by atoms with Crippen LogP contribution in [0.5, 0.6) is 5.75 Å². The number of carbonyl (C=O) groups is 2. The van der Waals surface area contributed by atoms with Gasteiger partial charge in [0.25, 0.3) is 17.4 Å². The Morgan fingerprint density at radius 2 is 1.85 bits per heavy atom. The van der Waals surface area contributed by atoms with Crippen LogP contribution in [0.4, 0.5) is 13.2 Å². The van der Waals surface area contributed by atoms with Gasteiger partial charge in [0.05, 0.1) is 17.7 Å². The third-order valence-corrected chi connectivity index (χ3v) is 9.15. The predicted octanol–water partition coefficient (Wildman–Crippen LogP) is 5.47. The molecular formula is C28H32ClF3N2O4S. The normalized spacial score (nSPS) is 21.3. The van der Waals surface area contributed by atoms with E-state index in [2.05, 4.69) is 0 Å². The second-order valence-electron chi connectivity index (χ2n) is 10.4. The number of alkyl halides is 3. The van der Waals surface area contributed by atoms with Crippen LogP contribution < -0.4 is 4.74 Å². The molecule has 2 aromatic carbocycles. The van der Waals surface area contributed by atoms with Crippen LogP contribution in [0.1, 0.15) is 35.2 Å². The van der Waals surface area contributed by atoms with Crippen molar-refractivity contribution < 1.29 is 32.6 Å². The average molecular weight is 585 g/mol. The molecule has 0 radical (unpaired) electrons. The van der Waals surface area contributed by atoms with Crippen molar-refractivity contribution in [3.05, 3.63) is 58.6 Å². The Morgan fingerprint density at radius 1 is 1.15 bits per heavy atom. The van der Waals surface area contributed by atoms with Crippen molar-refractivity contribution in [1.82, 2.24) is 9.80 Å². The molecule has 212 valence electrons. The van der Waals surface area contributed by atoms with Crippen molar-refractivity contribution in [3.63, 3.8) is 0 Å². The highest BCUT2D eigenvalue weighted by molar-refractivity contribution is 7.99. The maximum absolute atomic E-state index is 14.1. The number of halogens is 4. The van der Waals surface area contributed by atoms with Crippen LogP contribution in [0.25, 0.3) is 0 Å². The predicted molar refractivity (Wildman–Crippen MR) is 144 cm³/mol. The van der Waals surface area contributed by atoms with Crippen LogP contribution in [-0.2, 0) is 10.4 Å². The SMILES string of the molecule is COc1cccc(C(O)(C(=O)N2CCC([C@H]3C[C@H]3CSc3ccc(C(=O)N(C)C)c(Cl)c3)CC2)C(F)(F)F)c1. The number of piperidine rings is 1. The molecule has 2 aliphatic rings. The molecule has 4 rings (SSSR count). The lowest BCUT2D eigenvalue weighted by molar-refractivity contribution is -0.262. The van der Waals surface area contributed by atoms with Gasteiger partial charge >= 0.3 is 6.18 Å². The molecule has 2 fully saturated rings. The summed E-state index contributed by atoms with van der Waals surface area (Å²) in [7, 11) is 4.65. The van der Waals surface area contributed by atoms with E-state index in [-0.39, 0.29) is 24.7 Å². The molecule has 1 aliphatic carbocycles. The second-order valence-corrected chi connectivity index (χ2v) is 11.9. The Labute approximate surface area is 235 Å². The van der Waals surface area contributed by atoms with E-state index in [4.69, 9.17) is 16.3 Å². The number of thioether (sulfide) groups is 1. The summed E-state index contributed by atoms with van der Waals surface area (Å²) in [6, 6.07) is 10.3. The fourth-order valence-corrected chi connectivity index (χ4v) is 6.74. The van der Waals surface area contributed by atoms with E-state index >= 15 is 0 Å². The molecule has 3 atom stereocenters. The first-order valence-electron chi connectivity index (χ1n) is 12.7. The van der Waals surface area contributed by atoms with Gasteiger partial charge in [0, 0.05) is 43.4 Å². The Morgan fingerprint density at radius 3 is 2.44 bits per heavy atom. The zero-order valence-corrected chi connectivity index (χ0v) is 23.6. The standard InChI is InChI=1S/C28H32ClF3N2O4S/c1-33(2)25(35)22-8-7-21(15-24(22)29)39-16-18-13-23(18)17-9-11-34(12-10-17)26(36)27(37,28(30,31)32)19-5-4-6-20(14-19)38-3/h4-8,14-15,17-18,23,37H,9-13,16H2,1-3H3/t18-,23+,27?/m0/s1. The first kappa shape index (κ1) is 29.6. The van der Waals surface area contributed by atoms with Crippen LogP contribution in [0.15, 0.2) is 47.4 Å². The zero-order chi connectivity index (χ0) is 28.5. The number of amides is 2. The van der Waals surface area contributed by atoms with E-state index < -0.39 is 23.2 Å². The molecule has 1 heterocycles. The Hall–Kier alpha value is -2.43. The number of likely N-dealkylation sites (tertiary alicyclic amines) is 1. The summed E-state index contributed by atoms with van der Waals surface area (Å²) < 4.78 is 47.2. The minimum absolute atomic E-state index is 0.125. The lowest BCUT2D eigenvalue weighted by Gasteiger charge is -2.38. The number of nitrogens with zero attached hydrogens (tertiary/aromatic N) is 2. The van der Waals surface area contributed by atoms with Crippen LogP contribution >= 0.6 is 23.4 Å². The second kappa shape index (κ2) is 11.6. The quantitative estimate of drug-likeness (QED) is 0.417. The first-order valence-corrected chi connectivity index (χ1v) is 14.1. The molecule has 0 aromatic heterocycles. The van der Waals surface area contributed by atoms with Crippen molar-refractivity contribution in [2.24, 2.45) is 17.8 Å². The largest absolute Gasteiger partial charge is 0.497 e. The van der Waals surface area contributed by atoms with Gasteiger partial charge in [-0.3, -0.25) is 9.59 Å². The lowest BCUT2D eigenvalue weighted by Crippen LogP contribution is -2.57. The van der Waals surface area contributed by atoms with Crippen molar-refractivity contribution in [1.29, 1.82) is 0 Å². The number of ether oxygens (including phenoxy) is 1. The minimum Gasteiger partial charge on any atom is -0.497 e. The number of rotatable bonds is 8. The number of hydrogen-bond acceptors (Lipinski definition) is 5. The van der Waals surface area contributed by atoms with Crippen molar-refractivity contribution in [3.8, 4) is 5.75 Å². The highest BCUT2D eigenvalue weighted by Gasteiger charge is 2.62. The fourth-order valence-electron chi connectivity index (χ4n) is 5.26. The highest BCUT2D eigenvalue weighted by Crippen LogP contribution is 2.50. The molecule has 0 spiro atoms. The number of methoxy groups -OCH3 is 1. The Bertz CT molecular complexity index is 1220. The molecule has 2 aromatic rings. The molecule has 6 nitrogen and oxygen atoms in total. The maximum atomic E-state index is 14.1. The number of carbonyl (C=O) groups excluding carboxylic acids is 2. The number of benzene rings is 2. The topological polar surface area (TPSA) is 70.1 Å². The summed E-state index contributed by atoms with van der Waals surface area (Å²) in [6.45, 7) is 0.332.